The lowest BCUT2D eigenvalue weighted by Gasteiger charge is -2.35. The highest BCUT2D eigenvalue weighted by molar-refractivity contribution is 6.04. The summed E-state index contributed by atoms with van der Waals surface area (Å²) in [4.78, 5) is 15.2. The molecule has 2 aliphatic heterocycles. The molecule has 2 aliphatic rings. The zero-order valence-corrected chi connectivity index (χ0v) is 13.5. The summed E-state index contributed by atoms with van der Waals surface area (Å²) in [7, 11) is 0. The van der Waals surface area contributed by atoms with E-state index in [1.54, 1.807) is 24.3 Å². The Kier molecular flexibility index (Phi) is 3.41. The number of hydrogen-bond donors (Lipinski definition) is 0. The van der Waals surface area contributed by atoms with Crippen molar-refractivity contribution in [2.45, 2.75) is 18.5 Å². The van der Waals surface area contributed by atoms with Gasteiger partial charge in [-0.3, -0.25) is 4.79 Å². The molecule has 0 amide bonds. The highest BCUT2D eigenvalue weighted by Crippen LogP contribution is 2.48. The first-order valence-electron chi connectivity index (χ1n) is 8.17. The van der Waals surface area contributed by atoms with Crippen molar-refractivity contribution in [2.75, 3.05) is 4.90 Å². The summed E-state index contributed by atoms with van der Waals surface area (Å²) in [6.45, 7) is 0. The summed E-state index contributed by atoms with van der Waals surface area (Å²) in [6, 6.07) is 20.3. The minimum absolute atomic E-state index is 0.205. The average molecular weight is 325 g/mol. The van der Waals surface area contributed by atoms with Gasteiger partial charge in [-0.25, -0.2) is 0 Å². The van der Waals surface area contributed by atoms with Crippen molar-refractivity contribution in [2.24, 2.45) is 5.41 Å². The van der Waals surface area contributed by atoms with Crippen LogP contribution in [0.5, 0.6) is 0 Å². The molecule has 0 unspecified atom stereocenters. The number of Topliss-reactive ketones (excluding diaryl/α,β-unsaturated/α-hetero) is 1. The molecule has 2 aromatic rings. The number of carbonyl (C=O) groups is 1. The summed E-state index contributed by atoms with van der Waals surface area (Å²) in [6.07, 6.45) is 4.04. The zero-order valence-electron chi connectivity index (χ0n) is 13.5. The normalized spacial score (nSPS) is 26.2. The van der Waals surface area contributed by atoms with Crippen LogP contribution in [0, 0.1) is 28.1 Å². The lowest BCUT2D eigenvalue weighted by molar-refractivity contribution is 0.0860. The molecule has 0 radical (unpaired) electrons. The molecule has 0 aliphatic carbocycles. The fourth-order valence-corrected chi connectivity index (χ4v) is 3.93. The summed E-state index contributed by atoms with van der Waals surface area (Å²) < 4.78 is 0. The van der Waals surface area contributed by atoms with Gasteiger partial charge in [0.1, 0.15) is 11.5 Å². The van der Waals surface area contributed by atoms with Crippen LogP contribution in [0.3, 0.4) is 0 Å². The van der Waals surface area contributed by atoms with Gasteiger partial charge in [-0.05, 0) is 11.6 Å². The van der Waals surface area contributed by atoms with Gasteiger partial charge >= 0.3 is 0 Å². The number of nitrogens with zero attached hydrogens (tertiary/aromatic N) is 3. The molecule has 4 rings (SSSR count). The average Bonchev–Trinajstić information content (AvgIpc) is 3.03. The topological polar surface area (TPSA) is 67.9 Å². The second-order valence-corrected chi connectivity index (χ2v) is 6.40. The Balaban J connectivity index is 1.86. The van der Waals surface area contributed by atoms with Gasteiger partial charge in [0.05, 0.1) is 18.2 Å². The van der Waals surface area contributed by atoms with Crippen LogP contribution in [0.1, 0.15) is 22.3 Å². The van der Waals surface area contributed by atoms with E-state index in [0.29, 0.717) is 5.56 Å². The molecule has 3 atom stereocenters. The second-order valence-electron chi connectivity index (χ2n) is 6.40. The van der Waals surface area contributed by atoms with Crippen LogP contribution in [0.15, 0.2) is 60.7 Å². The van der Waals surface area contributed by atoms with Gasteiger partial charge in [0.15, 0.2) is 5.78 Å². The van der Waals surface area contributed by atoms with Crippen molar-refractivity contribution in [1.29, 1.82) is 10.5 Å². The van der Waals surface area contributed by atoms with E-state index in [4.69, 9.17) is 0 Å². The van der Waals surface area contributed by atoms with Gasteiger partial charge in [-0.15, -0.1) is 0 Å². The van der Waals surface area contributed by atoms with Gasteiger partial charge in [-0.1, -0.05) is 60.7 Å². The number of hydrogen-bond acceptors (Lipinski definition) is 4. The molecule has 1 fully saturated rings. The number of benzene rings is 2. The molecule has 1 saturated heterocycles. The Morgan fingerprint density at radius 1 is 1.08 bits per heavy atom. The molecule has 2 heterocycles. The van der Waals surface area contributed by atoms with Crippen molar-refractivity contribution < 1.29 is 4.79 Å². The molecular formula is C21H15N3O. The third-order valence-electron chi connectivity index (χ3n) is 5.12. The Hall–Kier alpha value is -3.37. The fourth-order valence-electron chi connectivity index (χ4n) is 3.93. The Bertz CT molecular complexity index is 951. The third kappa shape index (κ3) is 2.08. The number of carbonyl (C=O) groups excluding carboxylic acids is 1. The molecule has 0 N–H and O–H groups in total. The molecule has 0 aromatic heterocycles. The first kappa shape index (κ1) is 15.2. The maximum Gasteiger partial charge on any atom is 0.185 e. The van der Waals surface area contributed by atoms with Gasteiger partial charge in [0, 0.05) is 17.7 Å². The van der Waals surface area contributed by atoms with E-state index < -0.39 is 17.5 Å². The summed E-state index contributed by atoms with van der Waals surface area (Å²) in [5, 5.41) is 19.7. The lowest BCUT2D eigenvalue weighted by atomic mass is 9.74. The Morgan fingerprint density at radius 3 is 2.52 bits per heavy atom. The molecular weight excluding hydrogens is 310 g/mol. The van der Waals surface area contributed by atoms with E-state index in [1.165, 1.54) is 0 Å². The second kappa shape index (κ2) is 5.61. The summed E-state index contributed by atoms with van der Waals surface area (Å²) >= 11 is 0. The minimum Gasteiger partial charge on any atom is -0.346 e. The monoisotopic (exact) mass is 325 g/mol. The summed E-state index contributed by atoms with van der Waals surface area (Å²) in [5.74, 6) is -0.215. The van der Waals surface area contributed by atoms with E-state index in [2.05, 4.69) is 12.1 Å². The van der Waals surface area contributed by atoms with Gasteiger partial charge < -0.3 is 4.90 Å². The minimum atomic E-state index is -1.26. The van der Waals surface area contributed by atoms with Crippen LogP contribution in [0.2, 0.25) is 0 Å². The van der Waals surface area contributed by atoms with E-state index >= 15 is 0 Å². The van der Waals surface area contributed by atoms with Gasteiger partial charge in [-0.2, -0.15) is 10.5 Å². The maximum absolute atomic E-state index is 13.2. The quantitative estimate of drug-likeness (QED) is 0.792. The first-order chi connectivity index (χ1) is 12.2. The first-order valence-corrected chi connectivity index (χ1v) is 8.17. The highest BCUT2D eigenvalue weighted by atomic mass is 16.1. The maximum atomic E-state index is 13.2. The van der Waals surface area contributed by atoms with Crippen molar-refractivity contribution >= 4 is 17.5 Å². The predicted octanol–water partition coefficient (Wildman–Crippen LogP) is 3.58. The van der Waals surface area contributed by atoms with Crippen LogP contribution in [-0.2, 0) is 0 Å². The van der Waals surface area contributed by atoms with Crippen LogP contribution < -0.4 is 4.90 Å². The molecule has 4 nitrogen and oxygen atoms in total. The van der Waals surface area contributed by atoms with Crippen molar-refractivity contribution in [3.05, 3.63) is 71.8 Å². The molecule has 2 aromatic carbocycles. The number of ketones is 1. The fraction of sp³-hybridized carbons (Fsp3) is 0.190. The van der Waals surface area contributed by atoms with Crippen LogP contribution in [0.4, 0.5) is 5.69 Å². The lowest BCUT2D eigenvalue weighted by Crippen LogP contribution is -2.45. The van der Waals surface area contributed by atoms with E-state index in [9.17, 15) is 15.3 Å². The van der Waals surface area contributed by atoms with Crippen molar-refractivity contribution in [1.82, 2.24) is 0 Å². The van der Waals surface area contributed by atoms with Crippen molar-refractivity contribution in [3.63, 3.8) is 0 Å². The number of fused-ring (bicyclic) bond motifs is 3. The van der Waals surface area contributed by atoms with Crippen LogP contribution in [0.25, 0.3) is 6.08 Å². The number of rotatable bonds is 2. The smallest absolute Gasteiger partial charge is 0.185 e. The predicted molar refractivity (Wildman–Crippen MR) is 94.6 cm³/mol. The largest absolute Gasteiger partial charge is 0.346 e. The highest BCUT2D eigenvalue weighted by Gasteiger charge is 2.57. The van der Waals surface area contributed by atoms with E-state index in [0.717, 1.165) is 11.3 Å². The van der Waals surface area contributed by atoms with E-state index in [1.807, 2.05) is 47.4 Å². The number of anilines is 1. The van der Waals surface area contributed by atoms with Crippen LogP contribution >= 0.6 is 0 Å². The third-order valence-corrected chi connectivity index (χ3v) is 5.12. The van der Waals surface area contributed by atoms with E-state index in [-0.39, 0.29) is 12.2 Å². The molecule has 4 heteroatoms. The number of para-hydroxylation sites is 1. The van der Waals surface area contributed by atoms with Gasteiger partial charge in [0.25, 0.3) is 0 Å². The summed E-state index contributed by atoms with van der Waals surface area (Å²) in [5.41, 5.74) is 1.15. The Labute approximate surface area is 146 Å². The van der Waals surface area contributed by atoms with Gasteiger partial charge in [0.2, 0.25) is 0 Å². The molecule has 120 valence electrons. The molecule has 0 saturated carbocycles. The molecule has 0 bridgehead atoms. The van der Waals surface area contributed by atoms with Crippen molar-refractivity contribution in [3.8, 4) is 12.1 Å². The Morgan fingerprint density at radius 2 is 1.80 bits per heavy atom. The standard InChI is InChI=1S/C21H15N3O/c22-13-17-12-21(14-23,20(25)16-7-2-1-3-8-16)19-11-10-15-6-4-5-9-18(15)24(17)19/h1-11,17,19H,12H2/t17-,19+,21-/m0/s1. The molecule has 0 spiro atoms. The zero-order chi connectivity index (χ0) is 17.4. The van der Waals surface area contributed by atoms with Crippen LogP contribution in [-0.4, -0.2) is 17.9 Å². The SMILES string of the molecule is N#C[C@@H]1C[C@@](C#N)(C(=O)c2ccccc2)[C@H]2C=Cc3ccccc3N12. The number of nitriles is 2. The molecule has 25 heavy (non-hydrogen) atoms.